The van der Waals surface area contributed by atoms with E-state index in [1.54, 1.807) is 6.20 Å². The molecule has 4 atom stereocenters. The van der Waals surface area contributed by atoms with Crippen molar-refractivity contribution in [3.63, 3.8) is 0 Å². The van der Waals surface area contributed by atoms with Gasteiger partial charge in [0.2, 0.25) is 0 Å². The van der Waals surface area contributed by atoms with Crippen molar-refractivity contribution >= 4 is 14.3 Å². The maximum absolute atomic E-state index is 13.1. The number of carbonyl (C=O) groups excluding carboxylic acids is 1. The molecule has 0 spiro atoms. The maximum atomic E-state index is 13.1. The highest BCUT2D eigenvalue weighted by molar-refractivity contribution is 6.74. The van der Waals surface area contributed by atoms with Crippen LogP contribution in [0.15, 0.2) is 54.9 Å². The zero-order valence-electron chi connectivity index (χ0n) is 21.3. The summed E-state index contributed by atoms with van der Waals surface area (Å²) in [6, 6.07) is 13.3. The van der Waals surface area contributed by atoms with E-state index in [4.69, 9.17) is 18.6 Å². The van der Waals surface area contributed by atoms with Crippen molar-refractivity contribution in [2.75, 3.05) is 20.3 Å². The molecule has 1 saturated heterocycles. The largest absolute Gasteiger partial charge is 0.457 e. The lowest BCUT2D eigenvalue weighted by molar-refractivity contribution is -0.163. The highest BCUT2D eigenvalue weighted by Crippen LogP contribution is 2.40. The quantitative estimate of drug-likeness (QED) is 0.238. The van der Waals surface area contributed by atoms with E-state index < -0.39 is 20.4 Å². The average molecular weight is 486 g/mol. The number of esters is 1. The third-order valence-electron chi connectivity index (χ3n) is 7.09. The lowest BCUT2D eigenvalue weighted by atomic mass is 9.90. The first-order chi connectivity index (χ1) is 16.1. The van der Waals surface area contributed by atoms with Crippen molar-refractivity contribution in [2.24, 2.45) is 5.92 Å². The molecule has 0 saturated carbocycles. The molecule has 0 unspecified atom stereocenters. The molecule has 7 heteroatoms. The van der Waals surface area contributed by atoms with Crippen LogP contribution in [0.1, 0.15) is 56.9 Å². The minimum Gasteiger partial charge on any atom is -0.457 e. The second-order valence-corrected chi connectivity index (χ2v) is 15.3. The van der Waals surface area contributed by atoms with Crippen LogP contribution in [0.2, 0.25) is 18.1 Å². The van der Waals surface area contributed by atoms with Gasteiger partial charge in [-0.05, 0) is 48.2 Å². The molecule has 0 amide bonds. The number of hydrogen-bond acceptors (Lipinski definition) is 6. The van der Waals surface area contributed by atoms with Gasteiger partial charge in [0.1, 0.15) is 6.10 Å². The summed E-state index contributed by atoms with van der Waals surface area (Å²) < 4.78 is 24.0. The van der Waals surface area contributed by atoms with Crippen LogP contribution in [0.5, 0.6) is 0 Å². The molecule has 2 heterocycles. The van der Waals surface area contributed by atoms with Crippen molar-refractivity contribution in [3.05, 3.63) is 66.0 Å². The van der Waals surface area contributed by atoms with Gasteiger partial charge in [0, 0.05) is 32.0 Å². The Balaban J connectivity index is 1.69. The number of ether oxygens (including phenoxy) is 3. The molecule has 0 aliphatic carbocycles. The number of benzene rings is 1. The predicted molar refractivity (Wildman–Crippen MR) is 135 cm³/mol. The molecule has 186 valence electrons. The molecular weight excluding hydrogens is 446 g/mol. The number of pyridine rings is 1. The first-order valence-corrected chi connectivity index (χ1v) is 15.0. The molecule has 0 bridgehead atoms. The van der Waals surface area contributed by atoms with Gasteiger partial charge >= 0.3 is 5.97 Å². The third kappa shape index (κ3) is 6.53. The number of rotatable bonds is 10. The van der Waals surface area contributed by atoms with Gasteiger partial charge in [-0.3, -0.25) is 4.98 Å². The summed E-state index contributed by atoms with van der Waals surface area (Å²) in [7, 11) is -0.280. The van der Waals surface area contributed by atoms with Crippen molar-refractivity contribution in [2.45, 2.75) is 70.1 Å². The molecule has 1 fully saturated rings. The Kier molecular flexibility index (Phi) is 9.04. The Labute approximate surface area is 205 Å². The average Bonchev–Trinajstić information content (AvgIpc) is 3.20. The van der Waals surface area contributed by atoms with Crippen LogP contribution in [0.25, 0.3) is 0 Å². The van der Waals surface area contributed by atoms with Crippen LogP contribution in [0.3, 0.4) is 0 Å². The molecular formula is C27H39NO5Si. The third-order valence-corrected chi connectivity index (χ3v) is 11.6. The fourth-order valence-corrected chi connectivity index (χ4v) is 5.14. The van der Waals surface area contributed by atoms with Crippen LogP contribution in [-0.2, 0) is 23.4 Å². The van der Waals surface area contributed by atoms with Crippen molar-refractivity contribution < 1.29 is 23.4 Å². The number of nitrogens with zero attached hydrogens (tertiary/aromatic N) is 1. The van der Waals surface area contributed by atoms with Crippen molar-refractivity contribution in [1.29, 1.82) is 0 Å². The van der Waals surface area contributed by atoms with Gasteiger partial charge in [-0.2, -0.15) is 0 Å². The van der Waals surface area contributed by atoms with Gasteiger partial charge in [-0.25, -0.2) is 4.79 Å². The standard InChI is InChI=1S/C27H39NO5Si/c1-27(2,3)34(5,6)32-17-11-15-22-23(19-31-24(22)21-14-10-16-28-18-21)33-26(29)25(30-4)20-12-8-7-9-13-20/h7-10,12-14,16,18,22-25H,11,15,17,19H2,1-6H3/t22-,23+,24-,25-/m1/s1. The van der Waals surface area contributed by atoms with E-state index in [2.05, 4.69) is 38.8 Å². The number of carbonyl (C=O) groups is 1. The zero-order chi connectivity index (χ0) is 24.8. The summed E-state index contributed by atoms with van der Waals surface area (Å²) in [5.41, 5.74) is 1.78. The van der Waals surface area contributed by atoms with E-state index in [9.17, 15) is 4.79 Å². The lowest BCUT2D eigenvalue weighted by Gasteiger charge is -2.36. The lowest BCUT2D eigenvalue weighted by Crippen LogP contribution is -2.41. The van der Waals surface area contributed by atoms with Crippen molar-refractivity contribution in [3.8, 4) is 0 Å². The Hall–Kier alpha value is -2.06. The van der Waals surface area contributed by atoms with E-state index in [1.165, 1.54) is 7.11 Å². The number of aromatic nitrogens is 1. The SMILES string of the molecule is CO[C@@H](C(=O)O[C@H]1CO[C@H](c2cccnc2)[C@@H]1CCCO[Si](C)(C)C(C)(C)C)c1ccccc1. The predicted octanol–water partition coefficient (Wildman–Crippen LogP) is 5.87. The van der Waals surface area contributed by atoms with E-state index >= 15 is 0 Å². The summed E-state index contributed by atoms with van der Waals surface area (Å²) in [4.78, 5) is 17.3. The second-order valence-electron chi connectivity index (χ2n) is 10.5. The minimum absolute atomic E-state index is 0.0180. The second kappa shape index (κ2) is 11.6. The minimum atomic E-state index is -1.81. The summed E-state index contributed by atoms with van der Waals surface area (Å²) in [5, 5.41) is 0.173. The van der Waals surface area contributed by atoms with Gasteiger partial charge in [-0.15, -0.1) is 0 Å². The van der Waals surface area contributed by atoms with Gasteiger partial charge < -0.3 is 18.6 Å². The highest BCUT2D eigenvalue weighted by Gasteiger charge is 2.42. The van der Waals surface area contributed by atoms with Crippen LogP contribution >= 0.6 is 0 Å². The topological polar surface area (TPSA) is 66.9 Å². The van der Waals surface area contributed by atoms with Gasteiger partial charge in [0.25, 0.3) is 0 Å². The summed E-state index contributed by atoms with van der Waals surface area (Å²) in [6.07, 6.45) is 3.99. The van der Waals surface area contributed by atoms with E-state index in [1.807, 2.05) is 48.7 Å². The molecule has 3 rings (SSSR count). The van der Waals surface area contributed by atoms with E-state index in [0.29, 0.717) is 13.2 Å². The summed E-state index contributed by atoms with van der Waals surface area (Å²) in [5.74, 6) is -0.374. The molecule has 6 nitrogen and oxygen atoms in total. The Bertz CT molecular complexity index is 900. The molecule has 1 aliphatic heterocycles. The highest BCUT2D eigenvalue weighted by atomic mass is 28.4. The van der Waals surface area contributed by atoms with Gasteiger partial charge in [0.05, 0.1) is 12.7 Å². The molecule has 0 radical (unpaired) electrons. The summed E-state index contributed by atoms with van der Waals surface area (Å²) >= 11 is 0. The van der Waals surface area contributed by atoms with Gasteiger partial charge in [-0.1, -0.05) is 57.2 Å². The molecule has 1 aromatic carbocycles. The molecule has 0 N–H and O–H groups in total. The molecule has 34 heavy (non-hydrogen) atoms. The van der Waals surface area contributed by atoms with E-state index in [-0.39, 0.29) is 23.2 Å². The molecule has 1 aliphatic rings. The normalized spacial score (nSPS) is 21.9. The van der Waals surface area contributed by atoms with Crippen LogP contribution < -0.4 is 0 Å². The smallest absolute Gasteiger partial charge is 0.340 e. The number of methoxy groups -OCH3 is 1. The zero-order valence-corrected chi connectivity index (χ0v) is 22.3. The summed E-state index contributed by atoms with van der Waals surface area (Å²) in [6.45, 7) is 12.3. The van der Waals surface area contributed by atoms with Crippen LogP contribution in [0, 0.1) is 5.92 Å². The fraction of sp³-hybridized carbons (Fsp3) is 0.556. The van der Waals surface area contributed by atoms with E-state index in [0.717, 1.165) is 24.0 Å². The molecule has 2 aromatic rings. The first-order valence-electron chi connectivity index (χ1n) is 12.1. The number of hydrogen-bond donors (Lipinski definition) is 0. The fourth-order valence-electron chi connectivity index (χ4n) is 4.06. The Morgan fingerprint density at radius 2 is 1.91 bits per heavy atom. The van der Waals surface area contributed by atoms with Crippen LogP contribution in [0.4, 0.5) is 0 Å². The van der Waals surface area contributed by atoms with Crippen LogP contribution in [-0.4, -0.2) is 45.7 Å². The first kappa shape index (κ1) is 26.5. The molecule has 1 aromatic heterocycles. The maximum Gasteiger partial charge on any atom is 0.340 e. The van der Waals surface area contributed by atoms with Crippen molar-refractivity contribution in [1.82, 2.24) is 4.98 Å². The Morgan fingerprint density at radius 3 is 2.53 bits per heavy atom. The Morgan fingerprint density at radius 1 is 1.18 bits per heavy atom. The monoisotopic (exact) mass is 485 g/mol. The van der Waals surface area contributed by atoms with Gasteiger partial charge in [0.15, 0.2) is 14.4 Å².